The number of aromatic nitrogens is 3. The summed E-state index contributed by atoms with van der Waals surface area (Å²) in [6.45, 7) is 2.31. The zero-order chi connectivity index (χ0) is 22.2. The zero-order valence-corrected chi connectivity index (χ0v) is 17.8. The van der Waals surface area contributed by atoms with Gasteiger partial charge in [-0.1, -0.05) is 59.8 Å². The molecule has 2 heterocycles. The third kappa shape index (κ3) is 4.20. The van der Waals surface area contributed by atoms with Gasteiger partial charge in [-0.05, 0) is 24.4 Å². The van der Waals surface area contributed by atoms with Gasteiger partial charge < -0.3 is 4.90 Å². The molecular formula is C21H16ClF3N4OS. The minimum Gasteiger partial charge on any atom is -0.311 e. The van der Waals surface area contributed by atoms with Crippen LogP contribution in [0, 0.1) is 0 Å². The van der Waals surface area contributed by atoms with Gasteiger partial charge in [0.05, 0.1) is 22.0 Å². The van der Waals surface area contributed by atoms with Gasteiger partial charge in [-0.3, -0.25) is 9.20 Å². The van der Waals surface area contributed by atoms with Crippen molar-refractivity contribution in [2.75, 3.05) is 17.2 Å². The molecule has 5 nitrogen and oxygen atoms in total. The lowest BCUT2D eigenvalue weighted by atomic mass is 10.1. The number of nitrogens with zero attached hydrogens (tertiary/aromatic N) is 4. The summed E-state index contributed by atoms with van der Waals surface area (Å²) in [5.74, 6) is -0.218. The second-order valence-corrected chi connectivity index (χ2v) is 8.03. The summed E-state index contributed by atoms with van der Waals surface area (Å²) in [5, 5.41) is 9.72. The lowest BCUT2D eigenvalue weighted by molar-refractivity contribution is -0.137. The third-order valence-corrected chi connectivity index (χ3v) is 5.96. The number of pyridine rings is 1. The molecule has 0 atom stereocenters. The van der Waals surface area contributed by atoms with E-state index in [0.717, 1.165) is 44.9 Å². The van der Waals surface area contributed by atoms with Crippen LogP contribution in [0.3, 0.4) is 0 Å². The summed E-state index contributed by atoms with van der Waals surface area (Å²) < 4.78 is 40.6. The van der Waals surface area contributed by atoms with Crippen LogP contribution in [0.1, 0.15) is 12.5 Å². The summed E-state index contributed by atoms with van der Waals surface area (Å²) in [5.41, 5.74) is -0.0327. The highest BCUT2D eigenvalue weighted by Gasteiger charge is 2.32. The van der Waals surface area contributed by atoms with Crippen LogP contribution in [0.4, 0.5) is 18.9 Å². The van der Waals surface area contributed by atoms with Crippen molar-refractivity contribution < 1.29 is 18.0 Å². The van der Waals surface area contributed by atoms with Crippen molar-refractivity contribution >= 4 is 51.4 Å². The Balaban J connectivity index is 1.60. The summed E-state index contributed by atoms with van der Waals surface area (Å²) in [6.07, 6.45) is -3.68. The predicted octanol–water partition coefficient (Wildman–Crippen LogP) is 5.70. The summed E-state index contributed by atoms with van der Waals surface area (Å²) >= 11 is 6.95. The van der Waals surface area contributed by atoms with Crippen molar-refractivity contribution in [2.24, 2.45) is 0 Å². The Hall–Kier alpha value is -2.78. The van der Waals surface area contributed by atoms with Gasteiger partial charge in [0.1, 0.15) is 0 Å². The first kappa shape index (κ1) is 21.5. The molecular weight excluding hydrogens is 449 g/mol. The van der Waals surface area contributed by atoms with Crippen molar-refractivity contribution in [1.82, 2.24) is 14.6 Å². The van der Waals surface area contributed by atoms with E-state index in [1.54, 1.807) is 4.90 Å². The van der Waals surface area contributed by atoms with E-state index in [2.05, 4.69) is 10.2 Å². The fourth-order valence-electron chi connectivity index (χ4n) is 3.32. The number of carbonyl (C=O) groups excluding carboxylic acids is 1. The molecule has 0 aliphatic carbocycles. The van der Waals surface area contributed by atoms with Gasteiger partial charge in [-0.2, -0.15) is 13.2 Å². The maximum absolute atomic E-state index is 13.1. The highest BCUT2D eigenvalue weighted by molar-refractivity contribution is 7.99. The number of thioether (sulfide) groups is 1. The maximum Gasteiger partial charge on any atom is 0.417 e. The number of anilines is 1. The lowest BCUT2D eigenvalue weighted by Gasteiger charge is -2.22. The summed E-state index contributed by atoms with van der Waals surface area (Å²) in [4.78, 5) is 14.6. The smallest absolute Gasteiger partial charge is 0.311 e. The minimum atomic E-state index is -4.56. The van der Waals surface area contributed by atoms with Crippen LogP contribution in [0.5, 0.6) is 0 Å². The average Bonchev–Trinajstić information content (AvgIpc) is 3.16. The average molecular weight is 465 g/mol. The van der Waals surface area contributed by atoms with Crippen LogP contribution >= 0.6 is 23.4 Å². The van der Waals surface area contributed by atoms with Crippen LogP contribution in [-0.4, -0.2) is 32.8 Å². The van der Waals surface area contributed by atoms with E-state index in [1.807, 2.05) is 49.4 Å². The molecule has 160 valence electrons. The quantitative estimate of drug-likeness (QED) is 0.355. The van der Waals surface area contributed by atoms with Gasteiger partial charge >= 0.3 is 6.18 Å². The molecule has 0 saturated heterocycles. The predicted molar refractivity (Wildman–Crippen MR) is 116 cm³/mol. The first-order valence-electron chi connectivity index (χ1n) is 9.32. The molecule has 0 unspecified atom stereocenters. The number of alkyl halides is 3. The summed E-state index contributed by atoms with van der Waals surface area (Å²) in [6, 6.07) is 14.3. The zero-order valence-electron chi connectivity index (χ0n) is 16.2. The monoisotopic (exact) mass is 464 g/mol. The summed E-state index contributed by atoms with van der Waals surface area (Å²) in [7, 11) is 0. The Bertz CT molecular complexity index is 1270. The van der Waals surface area contributed by atoms with Crippen LogP contribution in [0.15, 0.2) is 59.9 Å². The van der Waals surface area contributed by atoms with Gasteiger partial charge in [-0.25, -0.2) is 0 Å². The third-order valence-electron chi connectivity index (χ3n) is 4.76. The molecule has 0 radical (unpaired) electrons. The molecule has 4 rings (SSSR count). The van der Waals surface area contributed by atoms with Crippen molar-refractivity contribution in [2.45, 2.75) is 18.3 Å². The standard InChI is InChI=1S/C21H16ClF3N4OS/c1-2-28(17-9-5-7-13-6-3-4-8-15(13)17)18(30)12-31-20-27-26-19-16(22)10-14(11-29(19)20)21(23,24)25/h3-11H,2,12H2,1H3. The van der Waals surface area contributed by atoms with Crippen molar-refractivity contribution in [1.29, 1.82) is 0 Å². The molecule has 0 bridgehead atoms. The number of rotatable bonds is 5. The lowest BCUT2D eigenvalue weighted by Crippen LogP contribution is -2.32. The molecule has 31 heavy (non-hydrogen) atoms. The Labute approximate surface area is 184 Å². The number of hydrogen-bond donors (Lipinski definition) is 0. The minimum absolute atomic E-state index is 0.0221. The molecule has 0 aliphatic rings. The van der Waals surface area contributed by atoms with E-state index in [-0.39, 0.29) is 27.5 Å². The number of amides is 1. The number of carbonyl (C=O) groups is 1. The molecule has 4 aromatic rings. The van der Waals surface area contributed by atoms with Crippen LogP contribution < -0.4 is 4.90 Å². The Morgan fingerprint density at radius 1 is 1.16 bits per heavy atom. The van der Waals surface area contributed by atoms with Crippen LogP contribution in [0.25, 0.3) is 16.4 Å². The Morgan fingerprint density at radius 2 is 1.90 bits per heavy atom. The van der Waals surface area contributed by atoms with E-state index in [0.29, 0.717) is 6.54 Å². The number of fused-ring (bicyclic) bond motifs is 2. The normalized spacial score (nSPS) is 11.9. The van der Waals surface area contributed by atoms with Gasteiger partial charge in [0, 0.05) is 18.1 Å². The fourth-order valence-corrected chi connectivity index (χ4v) is 4.35. The Kier molecular flexibility index (Phi) is 5.81. The second-order valence-electron chi connectivity index (χ2n) is 6.68. The first-order valence-corrected chi connectivity index (χ1v) is 10.7. The molecule has 1 amide bonds. The van der Waals surface area contributed by atoms with Crippen LogP contribution in [0.2, 0.25) is 5.02 Å². The van der Waals surface area contributed by atoms with E-state index >= 15 is 0 Å². The molecule has 0 N–H and O–H groups in total. The molecule has 0 spiro atoms. The van der Waals surface area contributed by atoms with E-state index in [9.17, 15) is 18.0 Å². The van der Waals surface area contributed by atoms with Gasteiger partial charge in [0.25, 0.3) is 0 Å². The van der Waals surface area contributed by atoms with Gasteiger partial charge in [-0.15, -0.1) is 10.2 Å². The first-order chi connectivity index (χ1) is 14.8. The van der Waals surface area contributed by atoms with E-state index < -0.39 is 11.7 Å². The molecule has 2 aromatic heterocycles. The molecule has 0 aliphatic heterocycles. The number of halogens is 4. The van der Waals surface area contributed by atoms with E-state index in [4.69, 9.17) is 11.6 Å². The number of benzene rings is 2. The van der Waals surface area contributed by atoms with Crippen LogP contribution in [-0.2, 0) is 11.0 Å². The molecule has 0 fully saturated rings. The number of hydrogen-bond acceptors (Lipinski definition) is 4. The van der Waals surface area contributed by atoms with Crippen molar-refractivity contribution in [3.63, 3.8) is 0 Å². The fraction of sp³-hybridized carbons (Fsp3) is 0.190. The molecule has 2 aromatic carbocycles. The largest absolute Gasteiger partial charge is 0.417 e. The SMILES string of the molecule is CCN(C(=O)CSc1nnc2c(Cl)cc(C(F)(F)F)cn12)c1cccc2ccccc12. The van der Waals surface area contributed by atoms with Crippen molar-refractivity contribution in [3.05, 3.63) is 65.3 Å². The van der Waals surface area contributed by atoms with Crippen molar-refractivity contribution in [3.8, 4) is 0 Å². The van der Waals surface area contributed by atoms with Gasteiger partial charge in [0.2, 0.25) is 5.91 Å². The highest BCUT2D eigenvalue weighted by atomic mass is 35.5. The second kappa shape index (κ2) is 8.39. The molecule has 10 heteroatoms. The topological polar surface area (TPSA) is 50.5 Å². The molecule has 0 saturated carbocycles. The maximum atomic E-state index is 13.1. The van der Waals surface area contributed by atoms with E-state index in [1.165, 1.54) is 0 Å². The highest BCUT2D eigenvalue weighted by Crippen LogP contribution is 2.33. The Morgan fingerprint density at radius 3 is 2.65 bits per heavy atom. The van der Waals surface area contributed by atoms with Gasteiger partial charge in [0.15, 0.2) is 10.8 Å².